The molecule has 0 radical (unpaired) electrons. The van der Waals surface area contributed by atoms with Gasteiger partial charge in [0.05, 0.1) is 17.4 Å². The summed E-state index contributed by atoms with van der Waals surface area (Å²) in [5, 5.41) is 0. The van der Waals surface area contributed by atoms with Crippen LogP contribution in [0.2, 0.25) is 0 Å². The summed E-state index contributed by atoms with van der Waals surface area (Å²) < 4.78 is 27.7. The van der Waals surface area contributed by atoms with E-state index in [1.165, 1.54) is 11.2 Å². The molecule has 4 rings (SSSR count). The van der Waals surface area contributed by atoms with Crippen molar-refractivity contribution in [2.24, 2.45) is 0 Å². The molecule has 0 N–H and O–H groups in total. The highest BCUT2D eigenvalue weighted by molar-refractivity contribution is 7.89. The lowest BCUT2D eigenvalue weighted by Crippen LogP contribution is -2.51. The highest BCUT2D eigenvalue weighted by Gasteiger charge is 2.34. The van der Waals surface area contributed by atoms with Crippen LogP contribution in [-0.2, 0) is 19.6 Å². The first-order valence-electron chi connectivity index (χ1n) is 11.1. The van der Waals surface area contributed by atoms with Crippen molar-refractivity contribution < 1.29 is 18.0 Å². The van der Waals surface area contributed by atoms with Crippen LogP contribution in [0.4, 0.5) is 0 Å². The minimum Gasteiger partial charge on any atom is -0.340 e. The van der Waals surface area contributed by atoms with Crippen LogP contribution in [0.25, 0.3) is 6.08 Å². The summed E-state index contributed by atoms with van der Waals surface area (Å²) >= 11 is 0. The molecule has 2 aliphatic heterocycles. The van der Waals surface area contributed by atoms with Crippen LogP contribution >= 0.6 is 0 Å². The Morgan fingerprint density at radius 3 is 2.36 bits per heavy atom. The number of carbonyl (C=O) groups is 2. The third-order valence-corrected chi connectivity index (χ3v) is 8.44. The van der Waals surface area contributed by atoms with Crippen LogP contribution in [0.1, 0.15) is 41.6 Å². The fraction of sp³-hybridized carbons (Fsp3) is 0.360. The second kappa shape index (κ2) is 9.11. The summed E-state index contributed by atoms with van der Waals surface area (Å²) in [6.45, 7) is 6.38. The SMILES string of the molecule is CC(=O)N1C=Cc2ccccc2[C@@H]1CC(=O)N1CCN(S(=O)(=O)c2ccc(C)cc2C)CC1. The average Bonchev–Trinajstić information content (AvgIpc) is 2.79. The Hall–Kier alpha value is -2.97. The molecule has 0 aromatic heterocycles. The molecule has 2 aromatic rings. The molecule has 0 saturated carbocycles. The standard InChI is InChI=1S/C25H29N3O4S/c1-18-8-9-24(19(2)16-18)33(31,32)27-14-12-26(13-15-27)25(30)17-23-22-7-5-4-6-21(22)10-11-28(23)20(3)29/h4-11,16,23H,12-15,17H2,1-3H3/t23-/m0/s1. The van der Waals surface area contributed by atoms with Crippen LogP contribution in [0.5, 0.6) is 0 Å². The molecule has 174 valence electrons. The zero-order valence-corrected chi connectivity index (χ0v) is 20.0. The lowest BCUT2D eigenvalue weighted by molar-refractivity contribution is -0.135. The molecule has 2 aliphatic rings. The zero-order valence-electron chi connectivity index (χ0n) is 19.2. The molecule has 0 spiro atoms. The number of nitrogens with zero attached hydrogens (tertiary/aromatic N) is 3. The van der Waals surface area contributed by atoms with Gasteiger partial charge in [0.1, 0.15) is 0 Å². The van der Waals surface area contributed by atoms with Crippen molar-refractivity contribution in [3.63, 3.8) is 0 Å². The predicted molar refractivity (Wildman–Crippen MR) is 127 cm³/mol. The Labute approximate surface area is 195 Å². The van der Waals surface area contributed by atoms with E-state index in [1.54, 1.807) is 35.1 Å². The van der Waals surface area contributed by atoms with Crippen molar-refractivity contribution in [1.82, 2.24) is 14.1 Å². The monoisotopic (exact) mass is 467 g/mol. The number of piperazine rings is 1. The van der Waals surface area contributed by atoms with E-state index >= 15 is 0 Å². The van der Waals surface area contributed by atoms with Crippen LogP contribution in [-0.4, -0.2) is 60.5 Å². The summed E-state index contributed by atoms with van der Waals surface area (Å²) in [6, 6.07) is 12.7. The Morgan fingerprint density at radius 2 is 1.70 bits per heavy atom. The Bertz CT molecular complexity index is 1210. The highest BCUT2D eigenvalue weighted by Crippen LogP contribution is 2.33. The van der Waals surface area contributed by atoms with Gasteiger partial charge in [-0.25, -0.2) is 8.42 Å². The van der Waals surface area contributed by atoms with E-state index in [0.29, 0.717) is 18.0 Å². The minimum atomic E-state index is -3.61. The summed E-state index contributed by atoms with van der Waals surface area (Å²) in [6.07, 6.45) is 3.77. The molecule has 8 heteroatoms. The van der Waals surface area contributed by atoms with E-state index in [0.717, 1.165) is 22.3 Å². The zero-order chi connectivity index (χ0) is 23.8. The summed E-state index contributed by atoms with van der Waals surface area (Å²) in [7, 11) is -3.61. The number of aryl methyl sites for hydroxylation is 2. The largest absolute Gasteiger partial charge is 0.340 e. The van der Waals surface area contributed by atoms with Gasteiger partial charge >= 0.3 is 0 Å². The molecule has 2 amide bonds. The maximum absolute atomic E-state index is 13.2. The quantitative estimate of drug-likeness (QED) is 0.692. The summed E-state index contributed by atoms with van der Waals surface area (Å²) in [5.41, 5.74) is 3.68. The fourth-order valence-corrected chi connectivity index (χ4v) is 6.24. The molecule has 0 unspecified atom stereocenters. The smallest absolute Gasteiger partial charge is 0.243 e. The number of amides is 2. The molecule has 0 bridgehead atoms. The van der Waals surface area contributed by atoms with Gasteiger partial charge in [0.25, 0.3) is 0 Å². The van der Waals surface area contributed by atoms with E-state index in [2.05, 4.69) is 0 Å². The van der Waals surface area contributed by atoms with Crippen LogP contribution in [0.15, 0.2) is 53.6 Å². The van der Waals surface area contributed by atoms with Crippen LogP contribution < -0.4 is 0 Å². The summed E-state index contributed by atoms with van der Waals surface area (Å²) in [5.74, 6) is -0.206. The lowest BCUT2D eigenvalue weighted by Gasteiger charge is -2.37. The van der Waals surface area contributed by atoms with Crippen molar-refractivity contribution in [3.8, 4) is 0 Å². The Balaban J connectivity index is 1.45. The molecular formula is C25H29N3O4S. The third kappa shape index (κ3) is 4.58. The average molecular weight is 468 g/mol. The van der Waals surface area contributed by atoms with Crippen molar-refractivity contribution in [3.05, 3.63) is 70.9 Å². The molecule has 2 heterocycles. The second-order valence-corrected chi connectivity index (χ2v) is 10.6. The first-order valence-corrected chi connectivity index (χ1v) is 12.5. The van der Waals surface area contributed by atoms with Gasteiger partial charge < -0.3 is 9.80 Å². The van der Waals surface area contributed by atoms with Gasteiger partial charge in [-0.05, 0) is 42.7 Å². The maximum atomic E-state index is 13.2. The number of fused-ring (bicyclic) bond motifs is 1. The van der Waals surface area contributed by atoms with Gasteiger partial charge in [0.2, 0.25) is 21.8 Å². The third-order valence-electron chi connectivity index (χ3n) is 6.38. The van der Waals surface area contributed by atoms with Gasteiger partial charge in [-0.3, -0.25) is 9.59 Å². The normalized spacial score (nSPS) is 18.8. The van der Waals surface area contributed by atoms with Crippen molar-refractivity contribution in [1.29, 1.82) is 0 Å². The van der Waals surface area contributed by atoms with E-state index < -0.39 is 10.0 Å². The number of benzene rings is 2. The van der Waals surface area contributed by atoms with E-state index in [4.69, 9.17) is 0 Å². The molecule has 2 aromatic carbocycles. The number of hydrogen-bond donors (Lipinski definition) is 0. The fourth-order valence-electron chi connectivity index (χ4n) is 4.61. The van der Waals surface area contributed by atoms with Gasteiger partial charge in [-0.1, -0.05) is 42.0 Å². The van der Waals surface area contributed by atoms with Gasteiger partial charge in [0.15, 0.2) is 0 Å². The summed E-state index contributed by atoms with van der Waals surface area (Å²) in [4.78, 5) is 29.0. The minimum absolute atomic E-state index is 0.0834. The van der Waals surface area contributed by atoms with Crippen LogP contribution in [0, 0.1) is 13.8 Å². The maximum Gasteiger partial charge on any atom is 0.243 e. The number of rotatable bonds is 4. The van der Waals surface area contributed by atoms with Crippen LogP contribution in [0.3, 0.4) is 0 Å². The second-order valence-electron chi connectivity index (χ2n) is 8.64. The first kappa shape index (κ1) is 23.2. The molecule has 0 aliphatic carbocycles. The molecular weight excluding hydrogens is 438 g/mol. The van der Waals surface area contributed by atoms with Gasteiger partial charge in [-0.15, -0.1) is 0 Å². The molecule has 1 saturated heterocycles. The van der Waals surface area contributed by atoms with Crippen molar-refractivity contribution in [2.75, 3.05) is 26.2 Å². The lowest BCUT2D eigenvalue weighted by atomic mass is 9.93. The van der Waals surface area contributed by atoms with E-state index in [-0.39, 0.29) is 37.4 Å². The number of hydrogen-bond acceptors (Lipinski definition) is 4. The Kier molecular flexibility index (Phi) is 6.41. The van der Waals surface area contributed by atoms with Gasteiger partial charge in [0, 0.05) is 39.3 Å². The molecule has 7 nitrogen and oxygen atoms in total. The number of sulfonamides is 1. The molecule has 1 fully saturated rings. The highest BCUT2D eigenvalue weighted by atomic mass is 32.2. The Morgan fingerprint density at radius 1 is 1.00 bits per heavy atom. The number of carbonyl (C=O) groups excluding carboxylic acids is 2. The predicted octanol–water partition coefficient (Wildman–Crippen LogP) is 3.10. The topological polar surface area (TPSA) is 78.0 Å². The van der Waals surface area contributed by atoms with E-state index in [9.17, 15) is 18.0 Å². The molecule has 1 atom stereocenters. The van der Waals surface area contributed by atoms with Crippen molar-refractivity contribution >= 4 is 27.9 Å². The van der Waals surface area contributed by atoms with Gasteiger partial charge in [-0.2, -0.15) is 4.31 Å². The first-order chi connectivity index (χ1) is 15.7. The van der Waals surface area contributed by atoms with Crippen molar-refractivity contribution in [2.45, 2.75) is 38.1 Å². The molecule has 33 heavy (non-hydrogen) atoms. The van der Waals surface area contributed by atoms with E-state index in [1.807, 2.05) is 43.3 Å².